The average Bonchev–Trinajstić information content (AvgIpc) is 3.15. The predicted octanol–water partition coefficient (Wildman–Crippen LogP) is 6.09. The minimum Gasteiger partial charge on any atom is -0.410 e. The van der Waals surface area contributed by atoms with Crippen LogP contribution in [0, 0.1) is 11.8 Å². The molecule has 1 aromatic carbocycles. The maximum Gasteiger partial charge on any atom is 0.415 e. The summed E-state index contributed by atoms with van der Waals surface area (Å²) < 4.78 is 6.07. The fourth-order valence-electron chi connectivity index (χ4n) is 3.88. The Balaban J connectivity index is 0.00000341. The number of rotatable bonds is 7. The number of thiophene rings is 1. The van der Waals surface area contributed by atoms with E-state index in [1.807, 2.05) is 18.2 Å². The van der Waals surface area contributed by atoms with Crippen molar-refractivity contribution < 1.29 is 15.8 Å². The lowest BCUT2D eigenvalue weighted by molar-refractivity contribution is 0.0921. The standard InChI is InChI=1S/C23H29ClN2O3S.H2/c1-16(2)14-18(25-22(27)20-8-9-21(24)30-20)15-17-10-12-26(13-11-17)23(28)29-19-6-4-3-5-7-19;/h3-9,16-18H,10-15H2,1-2H3,(H,25,27);1H. The van der Waals surface area contributed by atoms with E-state index in [-0.39, 0.29) is 19.5 Å². The first kappa shape index (κ1) is 22.6. The van der Waals surface area contributed by atoms with Gasteiger partial charge in [0.25, 0.3) is 5.91 Å². The van der Waals surface area contributed by atoms with Gasteiger partial charge in [0.2, 0.25) is 0 Å². The second kappa shape index (κ2) is 10.8. The maximum absolute atomic E-state index is 12.6. The van der Waals surface area contributed by atoms with Crippen molar-refractivity contribution in [2.45, 2.75) is 45.6 Å². The number of benzene rings is 1. The average molecular weight is 451 g/mol. The fraction of sp³-hybridized carbons (Fsp3) is 0.478. The molecule has 1 unspecified atom stereocenters. The van der Waals surface area contributed by atoms with Gasteiger partial charge in [-0.15, -0.1) is 11.3 Å². The SMILES string of the molecule is CC(C)CC(CC1CCN(C(=O)Oc2ccccc2)CC1)NC(=O)c1ccc(Cl)s1.[HH]. The van der Waals surface area contributed by atoms with E-state index in [0.29, 0.717) is 39.9 Å². The highest BCUT2D eigenvalue weighted by molar-refractivity contribution is 7.18. The molecular formula is C23H31ClN2O3S. The molecule has 7 heteroatoms. The Kier molecular flexibility index (Phi) is 8.16. The molecular weight excluding hydrogens is 420 g/mol. The van der Waals surface area contributed by atoms with E-state index in [1.165, 1.54) is 11.3 Å². The summed E-state index contributed by atoms with van der Waals surface area (Å²) in [5, 5.41) is 3.20. The summed E-state index contributed by atoms with van der Waals surface area (Å²) >= 11 is 7.27. The van der Waals surface area contributed by atoms with Crippen LogP contribution in [0.5, 0.6) is 5.75 Å². The Morgan fingerprint density at radius 1 is 1.20 bits per heavy atom. The molecule has 5 nitrogen and oxygen atoms in total. The number of para-hydroxylation sites is 1. The molecule has 0 aliphatic carbocycles. The van der Waals surface area contributed by atoms with E-state index >= 15 is 0 Å². The largest absolute Gasteiger partial charge is 0.415 e. The number of likely N-dealkylation sites (tertiary alicyclic amines) is 1. The van der Waals surface area contributed by atoms with Gasteiger partial charge in [0, 0.05) is 20.6 Å². The van der Waals surface area contributed by atoms with Gasteiger partial charge in [0.15, 0.2) is 0 Å². The van der Waals surface area contributed by atoms with Crippen LogP contribution in [0.15, 0.2) is 42.5 Å². The molecule has 1 aromatic heterocycles. The molecule has 1 aliphatic rings. The number of hydrogen-bond donors (Lipinski definition) is 1. The van der Waals surface area contributed by atoms with E-state index in [4.69, 9.17) is 16.3 Å². The lowest BCUT2D eigenvalue weighted by Gasteiger charge is -2.33. The summed E-state index contributed by atoms with van der Waals surface area (Å²) in [6, 6.07) is 12.8. The van der Waals surface area contributed by atoms with Crippen LogP contribution in [-0.2, 0) is 0 Å². The second-order valence-electron chi connectivity index (χ2n) is 8.25. The van der Waals surface area contributed by atoms with E-state index in [1.54, 1.807) is 29.2 Å². The van der Waals surface area contributed by atoms with Gasteiger partial charge < -0.3 is 15.0 Å². The van der Waals surface area contributed by atoms with Crippen LogP contribution in [0.25, 0.3) is 0 Å². The van der Waals surface area contributed by atoms with Crippen LogP contribution in [0.3, 0.4) is 0 Å². The van der Waals surface area contributed by atoms with Crippen LogP contribution < -0.4 is 10.1 Å². The molecule has 164 valence electrons. The van der Waals surface area contributed by atoms with E-state index in [2.05, 4.69) is 19.2 Å². The van der Waals surface area contributed by atoms with Crippen LogP contribution in [0.4, 0.5) is 4.79 Å². The highest BCUT2D eigenvalue weighted by Gasteiger charge is 2.27. The topological polar surface area (TPSA) is 58.6 Å². The Morgan fingerprint density at radius 2 is 1.90 bits per heavy atom. The molecule has 3 rings (SSSR count). The van der Waals surface area contributed by atoms with Crippen molar-refractivity contribution >= 4 is 34.9 Å². The molecule has 1 saturated heterocycles. The predicted molar refractivity (Wildman–Crippen MR) is 124 cm³/mol. The zero-order valence-electron chi connectivity index (χ0n) is 17.5. The first-order valence-corrected chi connectivity index (χ1v) is 11.7. The Morgan fingerprint density at radius 3 is 2.50 bits per heavy atom. The molecule has 0 radical (unpaired) electrons. The van der Waals surface area contributed by atoms with Gasteiger partial charge in [-0.1, -0.05) is 43.6 Å². The number of hydrogen-bond acceptors (Lipinski definition) is 4. The summed E-state index contributed by atoms with van der Waals surface area (Å²) in [5.41, 5.74) is 0. The first-order valence-electron chi connectivity index (χ1n) is 10.5. The molecule has 2 heterocycles. The molecule has 30 heavy (non-hydrogen) atoms. The zero-order valence-corrected chi connectivity index (χ0v) is 19.0. The van der Waals surface area contributed by atoms with Crippen LogP contribution in [-0.4, -0.2) is 36.0 Å². The molecule has 0 bridgehead atoms. The van der Waals surface area contributed by atoms with Crippen molar-refractivity contribution in [3.05, 3.63) is 51.7 Å². The second-order valence-corrected chi connectivity index (χ2v) is 9.97. The maximum atomic E-state index is 12.6. The lowest BCUT2D eigenvalue weighted by Crippen LogP contribution is -2.42. The number of ether oxygens (including phenoxy) is 1. The third kappa shape index (κ3) is 6.74. The number of nitrogens with zero attached hydrogens (tertiary/aromatic N) is 1. The molecule has 1 atom stereocenters. The number of amides is 2. The number of carbonyl (C=O) groups is 2. The molecule has 1 N–H and O–H groups in total. The van der Waals surface area contributed by atoms with Gasteiger partial charge in [-0.25, -0.2) is 4.79 Å². The number of piperidine rings is 1. The summed E-state index contributed by atoms with van der Waals surface area (Å²) in [7, 11) is 0. The molecule has 1 aliphatic heterocycles. The number of nitrogens with one attached hydrogen (secondary N) is 1. The zero-order chi connectivity index (χ0) is 21.5. The Hall–Kier alpha value is -2.05. The van der Waals surface area contributed by atoms with Crippen LogP contribution in [0.1, 0.15) is 50.6 Å². The molecule has 0 spiro atoms. The number of carbonyl (C=O) groups excluding carboxylic acids is 2. The van der Waals surface area contributed by atoms with Gasteiger partial charge >= 0.3 is 6.09 Å². The quantitative estimate of drug-likeness (QED) is 0.554. The summed E-state index contributed by atoms with van der Waals surface area (Å²) in [6.07, 6.45) is 3.39. The lowest BCUT2D eigenvalue weighted by atomic mass is 9.87. The van der Waals surface area contributed by atoms with Crippen molar-refractivity contribution in [2.24, 2.45) is 11.8 Å². The third-order valence-corrected chi connectivity index (χ3v) is 6.56. The van der Waals surface area contributed by atoms with Crippen molar-refractivity contribution in [3.8, 4) is 5.75 Å². The monoisotopic (exact) mass is 450 g/mol. The summed E-state index contributed by atoms with van der Waals surface area (Å²) in [4.78, 5) is 27.4. The summed E-state index contributed by atoms with van der Waals surface area (Å²) in [5.74, 6) is 1.48. The van der Waals surface area contributed by atoms with Gasteiger partial charge in [-0.2, -0.15) is 0 Å². The molecule has 2 amide bonds. The fourth-order valence-corrected chi connectivity index (χ4v) is 4.83. The van der Waals surface area contributed by atoms with Crippen molar-refractivity contribution in [1.82, 2.24) is 10.2 Å². The normalized spacial score (nSPS) is 15.8. The molecule has 2 aromatic rings. The molecule has 1 fully saturated rings. The van der Waals surface area contributed by atoms with Gasteiger partial charge in [-0.05, 0) is 61.8 Å². The van der Waals surface area contributed by atoms with Gasteiger partial charge in [-0.3, -0.25) is 4.79 Å². The van der Waals surface area contributed by atoms with Crippen LogP contribution >= 0.6 is 22.9 Å². The third-order valence-electron chi connectivity index (χ3n) is 5.33. The Bertz CT molecular complexity index is 838. The van der Waals surface area contributed by atoms with Crippen molar-refractivity contribution in [3.63, 3.8) is 0 Å². The van der Waals surface area contributed by atoms with Crippen molar-refractivity contribution in [1.29, 1.82) is 0 Å². The van der Waals surface area contributed by atoms with E-state index in [9.17, 15) is 9.59 Å². The van der Waals surface area contributed by atoms with Crippen LogP contribution in [0.2, 0.25) is 4.34 Å². The highest BCUT2D eigenvalue weighted by Crippen LogP contribution is 2.26. The van der Waals surface area contributed by atoms with E-state index in [0.717, 1.165) is 25.7 Å². The summed E-state index contributed by atoms with van der Waals surface area (Å²) in [6.45, 7) is 5.70. The molecule has 0 saturated carbocycles. The smallest absolute Gasteiger partial charge is 0.410 e. The van der Waals surface area contributed by atoms with Gasteiger partial charge in [0.1, 0.15) is 5.75 Å². The van der Waals surface area contributed by atoms with Gasteiger partial charge in [0.05, 0.1) is 9.21 Å². The first-order chi connectivity index (χ1) is 14.4. The minimum atomic E-state index is -0.291. The van der Waals surface area contributed by atoms with Crippen molar-refractivity contribution in [2.75, 3.05) is 13.1 Å². The highest BCUT2D eigenvalue weighted by atomic mass is 35.5. The number of halogens is 1. The Labute approximate surface area is 188 Å². The minimum absolute atomic E-state index is 0. The van der Waals surface area contributed by atoms with E-state index < -0.39 is 0 Å².